The molecule has 288 valence electrons. The van der Waals surface area contributed by atoms with E-state index < -0.39 is 0 Å². The van der Waals surface area contributed by atoms with Crippen LogP contribution >= 0.6 is 0 Å². The van der Waals surface area contributed by atoms with E-state index in [1.807, 2.05) is 0 Å². The van der Waals surface area contributed by atoms with Gasteiger partial charge in [0.1, 0.15) is 0 Å². The summed E-state index contributed by atoms with van der Waals surface area (Å²) in [6.07, 6.45) is 0. The molecule has 5 heterocycles. The van der Waals surface area contributed by atoms with Gasteiger partial charge >= 0.3 is 0 Å². The molecule has 2 aromatic heterocycles. The number of nitrogens with zero attached hydrogens (tertiary/aromatic N) is 3. The highest BCUT2D eigenvalue weighted by Gasteiger charge is 2.51. The standard InChI is InChI=1S/C57H45N3/c1-55(2)42-20-14-22-44-52(42)60-53-43(55)21-15-23-45(53)57(5,6)47-33-35(32-46(54(47)60)56(44,3)4)34-26-28-37(29-27-34)59-49-25-13-11-19-39(49)41-31-30-40-38-18-10-12-24-48(38)58(50(40)51(41)59)36-16-8-7-9-17-36/h7-33H,1-6H3. The summed E-state index contributed by atoms with van der Waals surface area (Å²) in [6.45, 7) is 14.6. The van der Waals surface area contributed by atoms with Gasteiger partial charge in [-0.05, 0) is 93.0 Å². The fourth-order valence-electron chi connectivity index (χ4n) is 11.8. The third kappa shape index (κ3) is 4.06. The van der Waals surface area contributed by atoms with Crippen LogP contribution in [0.15, 0.2) is 164 Å². The van der Waals surface area contributed by atoms with Gasteiger partial charge in [0.05, 0.1) is 39.1 Å². The summed E-state index contributed by atoms with van der Waals surface area (Å²) in [5.74, 6) is 0. The van der Waals surface area contributed by atoms with Gasteiger partial charge in [0, 0.05) is 49.2 Å². The Balaban J connectivity index is 1.04. The summed E-state index contributed by atoms with van der Waals surface area (Å²) < 4.78 is 4.96. The van der Waals surface area contributed by atoms with E-state index in [0.29, 0.717) is 0 Å². The second-order valence-corrected chi connectivity index (χ2v) is 19.0. The number of para-hydroxylation sites is 5. The molecule has 3 heteroatoms. The van der Waals surface area contributed by atoms with E-state index >= 15 is 0 Å². The fourth-order valence-corrected chi connectivity index (χ4v) is 11.8. The van der Waals surface area contributed by atoms with Crippen molar-refractivity contribution in [2.75, 3.05) is 4.90 Å². The number of anilines is 3. The van der Waals surface area contributed by atoms with E-state index in [1.165, 1.54) is 105 Å². The van der Waals surface area contributed by atoms with E-state index in [0.717, 1.165) is 11.4 Å². The monoisotopic (exact) mass is 771 g/mol. The molecule has 10 aromatic rings. The molecular formula is C57H45N3. The molecule has 8 aromatic carbocycles. The summed E-state index contributed by atoms with van der Waals surface area (Å²) >= 11 is 0. The van der Waals surface area contributed by atoms with Gasteiger partial charge < -0.3 is 14.0 Å². The first kappa shape index (κ1) is 34.1. The molecule has 0 saturated heterocycles. The molecule has 0 radical (unpaired) electrons. The highest BCUT2D eigenvalue weighted by Crippen LogP contribution is 2.66. The number of rotatable bonds is 3. The highest BCUT2D eigenvalue weighted by atomic mass is 15.2. The maximum atomic E-state index is 2.66. The molecule has 0 N–H and O–H groups in total. The number of hydrogen-bond acceptors (Lipinski definition) is 1. The minimum atomic E-state index is -0.191. The average molecular weight is 772 g/mol. The number of aromatic nitrogens is 2. The van der Waals surface area contributed by atoms with Crippen molar-refractivity contribution >= 4 is 60.7 Å². The predicted molar refractivity (Wildman–Crippen MR) is 252 cm³/mol. The van der Waals surface area contributed by atoms with Crippen LogP contribution in [0.2, 0.25) is 0 Å². The van der Waals surface area contributed by atoms with Gasteiger partial charge in [-0.3, -0.25) is 0 Å². The van der Waals surface area contributed by atoms with Crippen molar-refractivity contribution in [2.24, 2.45) is 0 Å². The molecule has 13 rings (SSSR count). The third-order valence-electron chi connectivity index (χ3n) is 14.8. The van der Waals surface area contributed by atoms with E-state index in [9.17, 15) is 0 Å². The Morgan fingerprint density at radius 1 is 0.317 bits per heavy atom. The molecule has 0 aliphatic carbocycles. The minimum absolute atomic E-state index is 0.101. The lowest BCUT2D eigenvalue weighted by molar-refractivity contribution is 0.567. The molecule has 0 atom stereocenters. The zero-order chi connectivity index (χ0) is 40.4. The van der Waals surface area contributed by atoms with E-state index in [1.54, 1.807) is 0 Å². The Bertz CT molecular complexity index is 3410. The van der Waals surface area contributed by atoms with Crippen LogP contribution in [-0.2, 0) is 16.2 Å². The van der Waals surface area contributed by atoms with Crippen LogP contribution < -0.4 is 4.90 Å². The van der Waals surface area contributed by atoms with Gasteiger partial charge in [0.15, 0.2) is 0 Å². The van der Waals surface area contributed by atoms with Crippen LogP contribution in [-0.4, -0.2) is 9.13 Å². The lowest BCUT2D eigenvalue weighted by Gasteiger charge is -2.55. The Morgan fingerprint density at radius 2 is 0.717 bits per heavy atom. The van der Waals surface area contributed by atoms with Crippen molar-refractivity contribution in [3.63, 3.8) is 0 Å². The molecule has 60 heavy (non-hydrogen) atoms. The van der Waals surface area contributed by atoms with Gasteiger partial charge in [-0.25, -0.2) is 0 Å². The molecule has 3 aliphatic rings. The number of fused-ring (bicyclic) bond motifs is 7. The lowest BCUT2D eigenvalue weighted by atomic mass is 9.60. The van der Waals surface area contributed by atoms with Crippen LogP contribution in [0.5, 0.6) is 0 Å². The molecule has 0 saturated carbocycles. The van der Waals surface area contributed by atoms with Crippen molar-refractivity contribution in [1.82, 2.24) is 9.13 Å². The van der Waals surface area contributed by atoms with Crippen molar-refractivity contribution in [1.29, 1.82) is 0 Å². The van der Waals surface area contributed by atoms with Crippen LogP contribution in [0, 0.1) is 0 Å². The SMILES string of the molecule is CC1(C)c2cccc3c2N2c4c1cccc4C(C)(C)c1cc(-c4ccc(-n5c6ccccc6c6ccc7c8ccccc8n(-c8ccccc8)c7c65)cc4)cc(c12)C3(C)C. The molecule has 3 aliphatic heterocycles. The smallest absolute Gasteiger partial charge is 0.0788 e. The van der Waals surface area contributed by atoms with Crippen LogP contribution in [0.1, 0.15) is 74.9 Å². The summed E-state index contributed by atoms with van der Waals surface area (Å²) in [7, 11) is 0. The van der Waals surface area contributed by atoms with E-state index in [2.05, 4.69) is 219 Å². The highest BCUT2D eigenvalue weighted by molar-refractivity contribution is 6.23. The van der Waals surface area contributed by atoms with Crippen LogP contribution in [0.25, 0.3) is 66.1 Å². The third-order valence-corrected chi connectivity index (χ3v) is 14.8. The maximum absolute atomic E-state index is 2.66. The summed E-state index contributed by atoms with van der Waals surface area (Å²) in [4.78, 5) is 2.66. The topological polar surface area (TPSA) is 13.1 Å². The van der Waals surface area contributed by atoms with Crippen molar-refractivity contribution in [2.45, 2.75) is 57.8 Å². The molecule has 0 bridgehead atoms. The van der Waals surface area contributed by atoms with Crippen molar-refractivity contribution < 1.29 is 0 Å². The molecule has 0 unspecified atom stereocenters. The van der Waals surface area contributed by atoms with Crippen LogP contribution in [0.3, 0.4) is 0 Å². The molecule has 0 spiro atoms. The molecular weight excluding hydrogens is 727 g/mol. The molecule has 0 fully saturated rings. The Labute approximate surface area is 350 Å². The first-order chi connectivity index (χ1) is 29.1. The Morgan fingerprint density at radius 3 is 1.20 bits per heavy atom. The zero-order valence-electron chi connectivity index (χ0n) is 34.9. The fraction of sp³-hybridized carbons (Fsp3) is 0.158. The van der Waals surface area contributed by atoms with Crippen LogP contribution in [0.4, 0.5) is 17.1 Å². The van der Waals surface area contributed by atoms with E-state index in [4.69, 9.17) is 0 Å². The van der Waals surface area contributed by atoms with Gasteiger partial charge in [-0.15, -0.1) is 0 Å². The summed E-state index contributed by atoms with van der Waals surface area (Å²) in [5.41, 5.74) is 21.8. The average Bonchev–Trinajstić information content (AvgIpc) is 3.79. The Hall–Kier alpha value is -6.84. The number of benzene rings is 8. The quantitative estimate of drug-likeness (QED) is 0.174. The zero-order valence-corrected chi connectivity index (χ0v) is 34.9. The molecule has 0 amide bonds. The van der Waals surface area contributed by atoms with Crippen molar-refractivity contribution in [3.8, 4) is 22.5 Å². The largest absolute Gasteiger partial charge is 0.309 e. The van der Waals surface area contributed by atoms with E-state index in [-0.39, 0.29) is 16.2 Å². The van der Waals surface area contributed by atoms with Gasteiger partial charge in [-0.1, -0.05) is 157 Å². The maximum Gasteiger partial charge on any atom is 0.0788 e. The minimum Gasteiger partial charge on any atom is -0.309 e. The second kappa shape index (κ2) is 11.2. The predicted octanol–water partition coefficient (Wildman–Crippen LogP) is 14.9. The second-order valence-electron chi connectivity index (χ2n) is 19.0. The van der Waals surface area contributed by atoms with Gasteiger partial charge in [-0.2, -0.15) is 0 Å². The number of hydrogen-bond donors (Lipinski definition) is 0. The summed E-state index contributed by atoms with van der Waals surface area (Å²) in [6, 6.07) is 61.7. The normalized spacial score (nSPS) is 16.2. The van der Waals surface area contributed by atoms with Gasteiger partial charge in [0.25, 0.3) is 0 Å². The lowest BCUT2D eigenvalue weighted by Crippen LogP contribution is -2.43. The summed E-state index contributed by atoms with van der Waals surface area (Å²) in [5, 5.41) is 5.04. The molecule has 3 nitrogen and oxygen atoms in total. The van der Waals surface area contributed by atoms with Gasteiger partial charge in [0.2, 0.25) is 0 Å². The first-order valence-corrected chi connectivity index (χ1v) is 21.5. The first-order valence-electron chi connectivity index (χ1n) is 21.5. The Kier molecular flexibility index (Phi) is 6.39. The van der Waals surface area contributed by atoms with Crippen molar-refractivity contribution in [3.05, 3.63) is 197 Å².